The highest BCUT2D eigenvalue weighted by molar-refractivity contribution is 9.10. The van der Waals surface area contributed by atoms with Crippen molar-refractivity contribution in [2.24, 2.45) is 0 Å². The SMILES string of the molecule is CC(=O)C1=C(C)Nc2nc(SCc3ccccc3F)nn2C1c1ccc(Br)o1. The molecule has 0 radical (unpaired) electrons. The monoisotopic (exact) mass is 462 g/mol. The first-order valence-corrected chi connectivity index (χ1v) is 10.3. The van der Waals surface area contributed by atoms with E-state index in [1.54, 1.807) is 35.0 Å². The van der Waals surface area contributed by atoms with E-state index in [9.17, 15) is 9.18 Å². The lowest BCUT2D eigenvalue weighted by atomic mass is 9.98. The van der Waals surface area contributed by atoms with Crippen LogP contribution in [0.4, 0.5) is 10.3 Å². The molecule has 0 saturated carbocycles. The first-order chi connectivity index (χ1) is 13.4. The fourth-order valence-corrected chi connectivity index (χ4v) is 4.28. The van der Waals surface area contributed by atoms with Gasteiger partial charge < -0.3 is 9.73 Å². The summed E-state index contributed by atoms with van der Waals surface area (Å²) in [5.41, 5.74) is 1.85. The van der Waals surface area contributed by atoms with E-state index in [0.717, 1.165) is 0 Å². The Morgan fingerprint density at radius 3 is 2.82 bits per heavy atom. The average molecular weight is 463 g/mol. The third-order valence-electron chi connectivity index (χ3n) is 4.39. The number of furan rings is 1. The highest BCUT2D eigenvalue weighted by atomic mass is 79.9. The molecule has 1 aromatic carbocycles. The number of rotatable bonds is 5. The molecule has 1 atom stereocenters. The van der Waals surface area contributed by atoms with E-state index in [-0.39, 0.29) is 11.6 Å². The van der Waals surface area contributed by atoms with Crippen LogP contribution < -0.4 is 5.32 Å². The number of anilines is 1. The first kappa shape index (κ1) is 18.9. The number of thioether (sulfide) groups is 1. The van der Waals surface area contributed by atoms with Gasteiger partial charge in [0.25, 0.3) is 0 Å². The molecule has 4 rings (SSSR count). The Morgan fingerprint density at radius 1 is 1.36 bits per heavy atom. The van der Waals surface area contributed by atoms with Gasteiger partial charge in [-0.1, -0.05) is 30.0 Å². The van der Waals surface area contributed by atoms with Crippen molar-refractivity contribution in [2.45, 2.75) is 30.8 Å². The number of carbonyl (C=O) groups is 1. The standard InChI is InChI=1S/C19H16BrFN4O2S/c1-10-16(11(2)26)17(14-7-8-15(20)27-14)25-18(22-10)23-19(24-25)28-9-12-5-3-4-6-13(12)21/h3-8,17H,9H2,1-2H3,(H,22,23,24). The summed E-state index contributed by atoms with van der Waals surface area (Å²) in [5.74, 6) is 1.15. The molecular weight excluding hydrogens is 447 g/mol. The van der Waals surface area contributed by atoms with E-state index in [4.69, 9.17) is 4.42 Å². The molecule has 28 heavy (non-hydrogen) atoms. The molecule has 1 aliphatic heterocycles. The number of Topliss-reactive ketones (excluding diaryl/α,β-unsaturated/α-hetero) is 1. The van der Waals surface area contributed by atoms with Crippen LogP contribution in [0.15, 0.2) is 61.9 Å². The number of fused-ring (bicyclic) bond motifs is 1. The van der Waals surface area contributed by atoms with E-state index in [1.165, 1.54) is 24.8 Å². The van der Waals surface area contributed by atoms with Crippen molar-refractivity contribution in [3.8, 4) is 0 Å². The Balaban J connectivity index is 1.68. The predicted molar refractivity (Wildman–Crippen MR) is 108 cm³/mol. The van der Waals surface area contributed by atoms with Gasteiger partial charge in [-0.25, -0.2) is 9.07 Å². The van der Waals surface area contributed by atoms with Crippen LogP contribution in [0.1, 0.15) is 31.2 Å². The lowest BCUT2D eigenvalue weighted by Gasteiger charge is -2.26. The van der Waals surface area contributed by atoms with Gasteiger partial charge in [-0.2, -0.15) is 4.98 Å². The van der Waals surface area contributed by atoms with Crippen LogP contribution in [0, 0.1) is 5.82 Å². The van der Waals surface area contributed by atoms with Gasteiger partial charge in [0.05, 0.1) is 0 Å². The number of hydrogen-bond donors (Lipinski definition) is 1. The number of halogens is 2. The molecule has 1 N–H and O–H groups in total. The Hall–Kier alpha value is -2.39. The van der Waals surface area contributed by atoms with Crippen LogP contribution in [-0.4, -0.2) is 20.5 Å². The normalized spacial score (nSPS) is 16.1. The number of benzene rings is 1. The Morgan fingerprint density at radius 2 is 2.14 bits per heavy atom. The van der Waals surface area contributed by atoms with Crippen molar-refractivity contribution >= 4 is 39.4 Å². The lowest BCUT2D eigenvalue weighted by Crippen LogP contribution is -2.27. The molecule has 1 unspecified atom stereocenters. The zero-order valence-corrected chi connectivity index (χ0v) is 17.5. The molecule has 0 aliphatic carbocycles. The molecule has 1 aliphatic rings. The Bertz CT molecular complexity index is 1090. The van der Waals surface area contributed by atoms with E-state index >= 15 is 0 Å². The average Bonchev–Trinajstić information content (AvgIpc) is 3.25. The molecule has 144 valence electrons. The van der Waals surface area contributed by atoms with Crippen molar-refractivity contribution in [1.29, 1.82) is 0 Å². The van der Waals surface area contributed by atoms with Crippen molar-refractivity contribution in [3.63, 3.8) is 0 Å². The number of allylic oxidation sites excluding steroid dienone is 2. The second kappa shape index (κ2) is 7.56. The molecular formula is C19H16BrFN4O2S. The van der Waals surface area contributed by atoms with Gasteiger partial charge in [0.2, 0.25) is 11.1 Å². The second-order valence-corrected chi connectivity index (χ2v) is 8.03. The maximum absolute atomic E-state index is 13.9. The smallest absolute Gasteiger partial charge is 0.227 e. The van der Waals surface area contributed by atoms with Gasteiger partial charge in [-0.3, -0.25) is 4.79 Å². The summed E-state index contributed by atoms with van der Waals surface area (Å²) >= 11 is 4.63. The Labute approximate surface area is 173 Å². The van der Waals surface area contributed by atoms with Gasteiger partial charge in [0.1, 0.15) is 17.6 Å². The van der Waals surface area contributed by atoms with Crippen molar-refractivity contribution in [2.75, 3.05) is 5.32 Å². The van der Waals surface area contributed by atoms with E-state index in [1.807, 2.05) is 6.92 Å². The number of carbonyl (C=O) groups excluding carboxylic acids is 1. The van der Waals surface area contributed by atoms with Crippen LogP contribution in [0.5, 0.6) is 0 Å². The second-order valence-electron chi connectivity index (χ2n) is 6.31. The summed E-state index contributed by atoms with van der Waals surface area (Å²) in [6.45, 7) is 3.34. The van der Waals surface area contributed by atoms with Crippen molar-refractivity contribution < 1.29 is 13.6 Å². The minimum atomic E-state index is -0.518. The predicted octanol–water partition coefficient (Wildman–Crippen LogP) is 4.94. The number of nitrogens with one attached hydrogen (secondary N) is 1. The maximum Gasteiger partial charge on any atom is 0.227 e. The fraction of sp³-hybridized carbons (Fsp3) is 0.211. The zero-order valence-electron chi connectivity index (χ0n) is 15.1. The van der Waals surface area contributed by atoms with E-state index < -0.39 is 6.04 Å². The third-order valence-corrected chi connectivity index (χ3v) is 5.70. The molecule has 3 heterocycles. The molecule has 6 nitrogen and oxygen atoms in total. The molecule has 2 aromatic heterocycles. The van der Waals surface area contributed by atoms with Crippen LogP contribution in [0.3, 0.4) is 0 Å². The summed E-state index contributed by atoms with van der Waals surface area (Å²) in [5, 5.41) is 8.17. The maximum atomic E-state index is 13.9. The highest BCUT2D eigenvalue weighted by Crippen LogP contribution is 2.38. The molecule has 0 bridgehead atoms. The van der Waals surface area contributed by atoms with Crippen LogP contribution in [0.2, 0.25) is 0 Å². The molecule has 9 heteroatoms. The summed E-state index contributed by atoms with van der Waals surface area (Å²) in [6.07, 6.45) is 0. The quantitative estimate of drug-likeness (QED) is 0.541. The minimum absolute atomic E-state index is 0.0794. The van der Waals surface area contributed by atoms with Crippen LogP contribution in [0.25, 0.3) is 0 Å². The first-order valence-electron chi connectivity index (χ1n) is 8.50. The third kappa shape index (κ3) is 3.51. The zero-order chi connectivity index (χ0) is 19.8. The van der Waals surface area contributed by atoms with Crippen LogP contribution >= 0.6 is 27.7 Å². The topological polar surface area (TPSA) is 73.0 Å². The highest BCUT2D eigenvalue weighted by Gasteiger charge is 2.34. The number of nitrogens with zero attached hydrogens (tertiary/aromatic N) is 3. The Kier molecular flexibility index (Phi) is 5.11. The van der Waals surface area contributed by atoms with Gasteiger partial charge in [-0.05, 0) is 53.5 Å². The van der Waals surface area contributed by atoms with Gasteiger partial charge in [0, 0.05) is 17.0 Å². The van der Waals surface area contributed by atoms with E-state index in [2.05, 4.69) is 31.3 Å². The minimum Gasteiger partial charge on any atom is -0.452 e. The van der Waals surface area contributed by atoms with E-state index in [0.29, 0.717) is 44.1 Å². The molecule has 0 fully saturated rings. The lowest BCUT2D eigenvalue weighted by molar-refractivity contribution is -0.114. The molecule has 0 amide bonds. The number of hydrogen-bond acceptors (Lipinski definition) is 6. The molecule has 3 aromatic rings. The van der Waals surface area contributed by atoms with Crippen molar-refractivity contribution in [1.82, 2.24) is 14.8 Å². The summed E-state index contributed by atoms with van der Waals surface area (Å²) in [7, 11) is 0. The molecule has 0 spiro atoms. The summed E-state index contributed by atoms with van der Waals surface area (Å²) in [6, 6.07) is 9.67. The van der Waals surface area contributed by atoms with Gasteiger partial charge in [-0.15, -0.1) is 5.10 Å². The van der Waals surface area contributed by atoms with Crippen LogP contribution in [-0.2, 0) is 10.5 Å². The largest absolute Gasteiger partial charge is 0.452 e. The van der Waals surface area contributed by atoms with Gasteiger partial charge >= 0.3 is 0 Å². The number of ketones is 1. The van der Waals surface area contributed by atoms with Gasteiger partial charge in [0.15, 0.2) is 10.5 Å². The van der Waals surface area contributed by atoms with Crippen molar-refractivity contribution in [3.05, 3.63) is 69.5 Å². The number of aromatic nitrogens is 3. The fourth-order valence-electron chi connectivity index (χ4n) is 3.14. The summed E-state index contributed by atoms with van der Waals surface area (Å²) in [4.78, 5) is 16.8. The summed E-state index contributed by atoms with van der Waals surface area (Å²) < 4.78 is 21.8. The molecule has 0 saturated heterocycles.